The number of nitrogens with one attached hydrogen (secondary N) is 1. The van der Waals surface area contributed by atoms with Gasteiger partial charge in [-0.05, 0) is 0 Å². The van der Waals surface area contributed by atoms with Gasteiger partial charge in [0, 0.05) is 32.8 Å². The van der Waals surface area contributed by atoms with Gasteiger partial charge in [-0.3, -0.25) is 5.32 Å². The van der Waals surface area contributed by atoms with Crippen LogP contribution in [0.2, 0.25) is 0 Å². The Kier molecular flexibility index (Phi) is 5.09. The van der Waals surface area contributed by atoms with E-state index in [4.69, 9.17) is 9.47 Å². The number of urea groups is 1. The van der Waals surface area contributed by atoms with Gasteiger partial charge >= 0.3 is 6.03 Å². The van der Waals surface area contributed by atoms with E-state index in [1.807, 2.05) is 0 Å². The first-order valence-corrected chi connectivity index (χ1v) is 5.29. The van der Waals surface area contributed by atoms with Crippen LogP contribution in [0.15, 0.2) is 6.33 Å². The van der Waals surface area contributed by atoms with E-state index in [1.54, 1.807) is 7.05 Å². The van der Waals surface area contributed by atoms with Crippen molar-refractivity contribution in [2.75, 3.05) is 33.1 Å². The Balaban J connectivity index is 2.41. The topological polar surface area (TPSA) is 76.6 Å². The zero-order valence-electron chi connectivity index (χ0n) is 9.34. The van der Waals surface area contributed by atoms with Crippen molar-refractivity contribution in [3.63, 3.8) is 0 Å². The van der Waals surface area contributed by atoms with E-state index in [0.717, 1.165) is 11.5 Å². The molecule has 1 heterocycles. The smallest absolute Gasteiger partial charge is 0.323 e. The van der Waals surface area contributed by atoms with E-state index < -0.39 is 6.29 Å². The van der Waals surface area contributed by atoms with Gasteiger partial charge in [0.2, 0.25) is 5.13 Å². The number of aromatic nitrogens is 2. The number of rotatable bonds is 5. The van der Waals surface area contributed by atoms with Crippen LogP contribution in [0.5, 0.6) is 0 Å². The average Bonchev–Trinajstić information content (AvgIpc) is 2.78. The van der Waals surface area contributed by atoms with Crippen molar-refractivity contribution in [2.24, 2.45) is 0 Å². The molecule has 0 fully saturated rings. The van der Waals surface area contributed by atoms with Crippen LogP contribution in [0.25, 0.3) is 0 Å². The predicted octanol–water partition coefficient (Wildman–Crippen LogP) is 0.621. The molecule has 0 aromatic carbocycles. The molecule has 0 atom stereocenters. The molecule has 2 amide bonds. The van der Waals surface area contributed by atoms with Crippen molar-refractivity contribution < 1.29 is 14.3 Å². The quantitative estimate of drug-likeness (QED) is 0.771. The van der Waals surface area contributed by atoms with Gasteiger partial charge in [0.25, 0.3) is 0 Å². The largest absolute Gasteiger partial charge is 0.354 e. The zero-order chi connectivity index (χ0) is 12.0. The molecule has 7 nitrogen and oxygen atoms in total. The lowest BCUT2D eigenvalue weighted by Crippen LogP contribution is -2.38. The summed E-state index contributed by atoms with van der Waals surface area (Å²) >= 11 is 1.12. The fourth-order valence-corrected chi connectivity index (χ4v) is 1.39. The van der Waals surface area contributed by atoms with Gasteiger partial charge in [-0.2, -0.15) is 4.37 Å². The van der Waals surface area contributed by atoms with Gasteiger partial charge in [-0.15, -0.1) is 0 Å². The Labute approximate surface area is 97.5 Å². The van der Waals surface area contributed by atoms with E-state index >= 15 is 0 Å². The number of anilines is 1. The lowest BCUT2D eigenvalue weighted by Gasteiger charge is -2.21. The maximum atomic E-state index is 11.6. The molecule has 1 aromatic heterocycles. The molecule has 0 bridgehead atoms. The van der Waals surface area contributed by atoms with Crippen LogP contribution in [-0.2, 0) is 9.47 Å². The predicted molar refractivity (Wildman–Crippen MR) is 59.4 cm³/mol. The first-order valence-electron chi connectivity index (χ1n) is 4.51. The molecule has 0 radical (unpaired) electrons. The van der Waals surface area contributed by atoms with Crippen molar-refractivity contribution in [1.29, 1.82) is 0 Å². The number of carbonyl (C=O) groups excluding carboxylic acids is 1. The van der Waals surface area contributed by atoms with E-state index in [0.29, 0.717) is 11.7 Å². The van der Waals surface area contributed by atoms with Gasteiger partial charge in [-0.1, -0.05) is 0 Å². The summed E-state index contributed by atoms with van der Waals surface area (Å²) in [6.45, 7) is 0.331. The number of hydrogen-bond donors (Lipinski definition) is 1. The number of nitrogens with zero attached hydrogens (tertiary/aromatic N) is 3. The molecule has 16 heavy (non-hydrogen) atoms. The summed E-state index contributed by atoms with van der Waals surface area (Å²) in [7, 11) is 4.68. The molecule has 1 rings (SSSR count). The Morgan fingerprint density at radius 1 is 1.62 bits per heavy atom. The van der Waals surface area contributed by atoms with Crippen molar-refractivity contribution >= 4 is 22.7 Å². The summed E-state index contributed by atoms with van der Waals surface area (Å²) in [5, 5.41) is 3.06. The second-order valence-corrected chi connectivity index (χ2v) is 3.74. The molecule has 1 N–H and O–H groups in total. The Hall–Kier alpha value is -1.25. The maximum absolute atomic E-state index is 11.6. The Bertz CT molecular complexity index is 315. The summed E-state index contributed by atoms with van der Waals surface area (Å²) in [5.74, 6) is 0. The molecule has 0 unspecified atom stereocenters. The Morgan fingerprint density at radius 2 is 2.31 bits per heavy atom. The minimum absolute atomic E-state index is 0.282. The van der Waals surface area contributed by atoms with Gasteiger partial charge in [0.1, 0.15) is 6.33 Å². The molecule has 0 spiro atoms. The summed E-state index contributed by atoms with van der Waals surface area (Å²) < 4.78 is 13.7. The van der Waals surface area contributed by atoms with Gasteiger partial charge in [-0.25, -0.2) is 9.78 Å². The van der Waals surface area contributed by atoms with Crippen LogP contribution in [0.3, 0.4) is 0 Å². The normalized spacial score (nSPS) is 10.5. The zero-order valence-corrected chi connectivity index (χ0v) is 10.2. The molecule has 0 saturated carbocycles. The molecular formula is C8H14N4O3S. The summed E-state index contributed by atoms with van der Waals surface area (Å²) in [6.07, 6.45) is 0.943. The minimum atomic E-state index is -0.440. The van der Waals surface area contributed by atoms with Crippen molar-refractivity contribution in [3.05, 3.63) is 6.33 Å². The average molecular weight is 246 g/mol. The van der Waals surface area contributed by atoms with E-state index in [-0.39, 0.29) is 6.03 Å². The molecule has 90 valence electrons. The van der Waals surface area contributed by atoms with Crippen molar-refractivity contribution in [2.45, 2.75) is 6.29 Å². The lowest BCUT2D eigenvalue weighted by molar-refractivity contribution is -0.108. The highest BCUT2D eigenvalue weighted by molar-refractivity contribution is 7.09. The van der Waals surface area contributed by atoms with Crippen molar-refractivity contribution in [3.8, 4) is 0 Å². The second-order valence-electron chi connectivity index (χ2n) is 2.96. The van der Waals surface area contributed by atoms with Gasteiger partial charge in [0.15, 0.2) is 6.29 Å². The molecule has 0 saturated heterocycles. The van der Waals surface area contributed by atoms with Crippen LogP contribution in [-0.4, -0.2) is 54.4 Å². The van der Waals surface area contributed by atoms with Crippen LogP contribution in [0.1, 0.15) is 0 Å². The van der Waals surface area contributed by atoms with Crippen LogP contribution < -0.4 is 5.32 Å². The third-order valence-corrected chi connectivity index (χ3v) is 2.45. The highest BCUT2D eigenvalue weighted by atomic mass is 32.1. The maximum Gasteiger partial charge on any atom is 0.323 e. The van der Waals surface area contributed by atoms with Crippen LogP contribution in [0.4, 0.5) is 9.93 Å². The fourth-order valence-electron chi connectivity index (χ4n) is 0.967. The van der Waals surface area contributed by atoms with Gasteiger partial charge < -0.3 is 14.4 Å². The number of hydrogen-bond acceptors (Lipinski definition) is 6. The third kappa shape index (κ3) is 3.72. The lowest BCUT2D eigenvalue weighted by atomic mass is 10.5. The number of likely N-dealkylation sites (N-methyl/N-ethyl adjacent to an activating group) is 1. The van der Waals surface area contributed by atoms with E-state index in [1.165, 1.54) is 25.4 Å². The number of methoxy groups -OCH3 is 2. The number of carbonyl (C=O) groups is 1. The van der Waals surface area contributed by atoms with E-state index in [9.17, 15) is 4.79 Å². The fraction of sp³-hybridized carbons (Fsp3) is 0.625. The Morgan fingerprint density at radius 3 is 2.81 bits per heavy atom. The third-order valence-electron chi connectivity index (χ3n) is 1.87. The second kappa shape index (κ2) is 6.36. The summed E-state index contributed by atoms with van der Waals surface area (Å²) in [6, 6.07) is -0.282. The monoisotopic (exact) mass is 246 g/mol. The first-order chi connectivity index (χ1) is 7.67. The van der Waals surface area contributed by atoms with Crippen molar-refractivity contribution in [1.82, 2.24) is 14.3 Å². The first kappa shape index (κ1) is 12.8. The minimum Gasteiger partial charge on any atom is -0.354 e. The number of amides is 2. The SMILES string of the molecule is COC(CN(C)C(=O)Nc1ncns1)OC. The molecular weight excluding hydrogens is 232 g/mol. The highest BCUT2D eigenvalue weighted by Crippen LogP contribution is 2.07. The molecule has 0 aliphatic heterocycles. The van der Waals surface area contributed by atoms with Crippen LogP contribution in [0, 0.1) is 0 Å². The molecule has 0 aliphatic rings. The summed E-state index contributed by atoms with van der Waals surface area (Å²) in [4.78, 5) is 16.9. The van der Waals surface area contributed by atoms with Gasteiger partial charge in [0.05, 0.1) is 6.54 Å². The van der Waals surface area contributed by atoms with E-state index in [2.05, 4.69) is 14.7 Å². The highest BCUT2D eigenvalue weighted by Gasteiger charge is 2.15. The standard InChI is InChI=1S/C8H14N4O3S/c1-12(4-6(14-2)15-3)8(13)11-7-9-5-10-16-7/h5-6H,4H2,1-3H3,(H,9,10,11,13). The molecule has 0 aliphatic carbocycles. The van der Waals surface area contributed by atoms with Crippen LogP contribution >= 0.6 is 11.5 Å². The number of ether oxygens (including phenoxy) is 2. The molecule has 8 heteroatoms. The summed E-state index contributed by atoms with van der Waals surface area (Å²) in [5.41, 5.74) is 0. The molecule has 1 aromatic rings.